The van der Waals surface area contributed by atoms with Gasteiger partial charge in [-0.25, -0.2) is 0 Å². The first kappa shape index (κ1) is 57.4. The molecule has 59 heavy (non-hydrogen) atoms. The van der Waals surface area contributed by atoms with E-state index in [1.165, 1.54) is 167 Å². The lowest BCUT2D eigenvalue weighted by molar-refractivity contribution is -0.167. The second kappa shape index (κ2) is 44.5. The summed E-state index contributed by atoms with van der Waals surface area (Å²) < 4.78 is 16.8. The van der Waals surface area contributed by atoms with E-state index in [0.717, 1.165) is 75.5 Å². The Kier molecular flexibility index (Phi) is 43.3. The van der Waals surface area contributed by atoms with E-state index in [-0.39, 0.29) is 31.1 Å². The van der Waals surface area contributed by atoms with Crippen LogP contribution in [0.3, 0.4) is 0 Å². The third-order valence-corrected chi connectivity index (χ3v) is 12.3. The molecule has 0 rings (SSSR count). The van der Waals surface area contributed by atoms with Gasteiger partial charge in [0.15, 0.2) is 6.10 Å². The Labute approximate surface area is 368 Å². The minimum absolute atomic E-state index is 0.0648. The molecule has 2 atom stereocenters. The third kappa shape index (κ3) is 45.8. The van der Waals surface area contributed by atoms with Crippen LogP contribution in [-0.4, -0.2) is 37.2 Å². The van der Waals surface area contributed by atoms with Crippen LogP contribution in [0.1, 0.15) is 286 Å². The molecule has 6 heteroatoms. The zero-order valence-electron chi connectivity index (χ0n) is 40.5. The molecule has 0 radical (unpaired) electrons. The van der Waals surface area contributed by atoms with Gasteiger partial charge in [-0.3, -0.25) is 14.4 Å². The molecule has 0 aromatic carbocycles. The van der Waals surface area contributed by atoms with E-state index in [4.69, 9.17) is 14.2 Å². The van der Waals surface area contributed by atoms with Crippen LogP contribution in [0.5, 0.6) is 0 Å². The molecule has 0 heterocycles. The molecule has 0 aromatic heterocycles. The maximum absolute atomic E-state index is 12.8. The van der Waals surface area contributed by atoms with Crippen LogP contribution in [0.4, 0.5) is 0 Å². The van der Waals surface area contributed by atoms with Crippen LogP contribution >= 0.6 is 0 Å². The zero-order chi connectivity index (χ0) is 43.4. The quantitative estimate of drug-likeness (QED) is 0.0345. The number of carbonyl (C=O) groups excluding carboxylic acids is 3. The van der Waals surface area contributed by atoms with Gasteiger partial charge in [-0.1, -0.05) is 247 Å². The lowest BCUT2D eigenvalue weighted by atomic mass is 9.99. The number of carbonyl (C=O) groups is 3. The Morgan fingerprint density at radius 3 is 0.881 bits per heavy atom. The minimum Gasteiger partial charge on any atom is -0.462 e. The van der Waals surface area contributed by atoms with Crippen molar-refractivity contribution in [1.29, 1.82) is 0 Å². The van der Waals surface area contributed by atoms with Gasteiger partial charge in [-0.2, -0.15) is 0 Å². The van der Waals surface area contributed by atoms with Crippen molar-refractivity contribution < 1.29 is 28.6 Å². The highest BCUT2D eigenvalue weighted by Gasteiger charge is 2.19. The Balaban J connectivity index is 4.34. The van der Waals surface area contributed by atoms with Crippen LogP contribution in [0.2, 0.25) is 0 Å². The van der Waals surface area contributed by atoms with Gasteiger partial charge >= 0.3 is 17.9 Å². The summed E-state index contributed by atoms with van der Waals surface area (Å²) in [5, 5.41) is 0. The average Bonchev–Trinajstić information content (AvgIpc) is 3.20. The predicted octanol–water partition coefficient (Wildman–Crippen LogP) is 16.8. The highest BCUT2D eigenvalue weighted by molar-refractivity contribution is 5.71. The number of ether oxygens (including phenoxy) is 3. The fraction of sp³-hybridized carbons (Fsp3) is 0.943. The first-order chi connectivity index (χ1) is 28.6. The molecular formula is C53H102O6. The Morgan fingerprint density at radius 2 is 0.593 bits per heavy atom. The summed E-state index contributed by atoms with van der Waals surface area (Å²) in [6, 6.07) is 0. The molecule has 0 N–H and O–H groups in total. The molecule has 1 unspecified atom stereocenters. The normalized spacial score (nSPS) is 12.6. The van der Waals surface area contributed by atoms with Gasteiger partial charge in [-0.15, -0.1) is 0 Å². The topological polar surface area (TPSA) is 78.9 Å². The number of hydrogen-bond acceptors (Lipinski definition) is 6. The van der Waals surface area contributed by atoms with Crippen LogP contribution in [0, 0.1) is 17.8 Å². The second-order valence-electron chi connectivity index (χ2n) is 19.4. The van der Waals surface area contributed by atoms with E-state index in [1.807, 2.05) is 0 Å². The number of esters is 3. The van der Waals surface area contributed by atoms with Crippen molar-refractivity contribution >= 4 is 17.9 Å². The number of hydrogen-bond donors (Lipinski definition) is 0. The van der Waals surface area contributed by atoms with Crippen molar-refractivity contribution in [3.63, 3.8) is 0 Å². The van der Waals surface area contributed by atoms with Crippen LogP contribution < -0.4 is 0 Å². The highest BCUT2D eigenvalue weighted by atomic mass is 16.6. The molecule has 0 amide bonds. The van der Waals surface area contributed by atoms with Crippen molar-refractivity contribution in [1.82, 2.24) is 0 Å². The summed E-state index contributed by atoms with van der Waals surface area (Å²) in [6.07, 6.45) is 43.7. The number of rotatable bonds is 46. The Bertz CT molecular complexity index is 916. The summed E-state index contributed by atoms with van der Waals surface area (Å²) in [4.78, 5) is 38.0. The summed E-state index contributed by atoms with van der Waals surface area (Å²) >= 11 is 0. The maximum Gasteiger partial charge on any atom is 0.306 e. The molecule has 0 spiro atoms. The Morgan fingerprint density at radius 1 is 0.339 bits per heavy atom. The molecule has 0 saturated heterocycles. The van der Waals surface area contributed by atoms with Crippen molar-refractivity contribution in [2.75, 3.05) is 13.2 Å². The molecule has 0 fully saturated rings. The SMILES string of the molecule is CCC(C)CCCCCCCCCCCCC(=O)O[C@@H](COC(=O)CCCCCCCCCCCCCC(C)C)COC(=O)CCCCCCCCCCCCC(C)C. The zero-order valence-corrected chi connectivity index (χ0v) is 40.5. The first-order valence-corrected chi connectivity index (χ1v) is 26.1. The predicted molar refractivity (Wildman–Crippen MR) is 252 cm³/mol. The van der Waals surface area contributed by atoms with Gasteiger partial charge in [-0.05, 0) is 37.0 Å². The van der Waals surface area contributed by atoms with Crippen LogP contribution in [-0.2, 0) is 28.6 Å². The molecule has 0 bridgehead atoms. The van der Waals surface area contributed by atoms with Gasteiger partial charge in [0.2, 0.25) is 0 Å². The monoisotopic (exact) mass is 835 g/mol. The average molecular weight is 835 g/mol. The largest absolute Gasteiger partial charge is 0.462 e. The molecule has 0 saturated carbocycles. The van der Waals surface area contributed by atoms with E-state index in [9.17, 15) is 14.4 Å². The van der Waals surface area contributed by atoms with E-state index in [1.54, 1.807) is 0 Å². The molecule has 0 aliphatic rings. The summed E-state index contributed by atoms with van der Waals surface area (Å²) in [7, 11) is 0. The van der Waals surface area contributed by atoms with Gasteiger partial charge in [0, 0.05) is 19.3 Å². The van der Waals surface area contributed by atoms with Gasteiger partial charge < -0.3 is 14.2 Å². The molecule has 0 aliphatic carbocycles. The molecule has 0 aliphatic heterocycles. The van der Waals surface area contributed by atoms with E-state index >= 15 is 0 Å². The Hall–Kier alpha value is -1.59. The van der Waals surface area contributed by atoms with Crippen molar-refractivity contribution in [3.8, 4) is 0 Å². The van der Waals surface area contributed by atoms with Gasteiger partial charge in [0.25, 0.3) is 0 Å². The molecule has 350 valence electrons. The lowest BCUT2D eigenvalue weighted by Gasteiger charge is -2.18. The minimum atomic E-state index is -0.763. The summed E-state index contributed by atoms with van der Waals surface area (Å²) in [5.74, 6) is 1.66. The van der Waals surface area contributed by atoms with Gasteiger partial charge in [0.1, 0.15) is 13.2 Å². The van der Waals surface area contributed by atoms with Crippen molar-refractivity contribution in [3.05, 3.63) is 0 Å². The van der Waals surface area contributed by atoms with Crippen LogP contribution in [0.15, 0.2) is 0 Å². The second-order valence-corrected chi connectivity index (χ2v) is 19.4. The fourth-order valence-electron chi connectivity index (χ4n) is 7.91. The smallest absolute Gasteiger partial charge is 0.306 e. The molecule has 6 nitrogen and oxygen atoms in total. The first-order valence-electron chi connectivity index (χ1n) is 26.1. The van der Waals surface area contributed by atoms with E-state index in [0.29, 0.717) is 19.3 Å². The van der Waals surface area contributed by atoms with Gasteiger partial charge in [0.05, 0.1) is 0 Å². The highest BCUT2D eigenvalue weighted by Crippen LogP contribution is 2.18. The van der Waals surface area contributed by atoms with Crippen LogP contribution in [0.25, 0.3) is 0 Å². The van der Waals surface area contributed by atoms with Crippen molar-refractivity contribution in [2.45, 2.75) is 292 Å². The fourth-order valence-corrected chi connectivity index (χ4v) is 7.91. The lowest BCUT2D eigenvalue weighted by Crippen LogP contribution is -2.30. The standard InChI is InChI=1S/C53H102O6/c1-7-49(6)41-35-29-23-17-12-14-20-26-32-38-44-53(56)59-50(46-58-52(55)43-37-31-25-19-13-11-16-22-28-34-40-48(4)5)45-57-51(54)42-36-30-24-18-10-8-9-15-21-27-33-39-47(2)3/h47-50H,7-46H2,1-6H3/t49?,50-/m0/s1. The molecule has 0 aromatic rings. The van der Waals surface area contributed by atoms with E-state index < -0.39 is 6.10 Å². The third-order valence-electron chi connectivity index (χ3n) is 12.3. The molecular weight excluding hydrogens is 733 g/mol. The van der Waals surface area contributed by atoms with E-state index in [2.05, 4.69) is 41.5 Å². The summed E-state index contributed by atoms with van der Waals surface area (Å²) in [5.41, 5.74) is 0. The van der Waals surface area contributed by atoms with Crippen molar-refractivity contribution in [2.24, 2.45) is 17.8 Å². The number of unbranched alkanes of at least 4 members (excludes halogenated alkanes) is 28. The maximum atomic E-state index is 12.8. The summed E-state index contributed by atoms with van der Waals surface area (Å²) in [6.45, 7) is 13.7.